The highest BCUT2D eigenvalue weighted by Gasteiger charge is 2.09. The van der Waals surface area contributed by atoms with Crippen LogP contribution in [0, 0.1) is 5.92 Å². The molecule has 0 aromatic carbocycles. The van der Waals surface area contributed by atoms with Gasteiger partial charge in [-0.2, -0.15) is 0 Å². The van der Waals surface area contributed by atoms with E-state index in [0.29, 0.717) is 11.9 Å². The minimum atomic E-state index is 0.608. The smallest absolute Gasteiger partial charge is 0.188 e. The van der Waals surface area contributed by atoms with Gasteiger partial charge in [-0.25, -0.2) is 0 Å². The Morgan fingerprint density at radius 3 is 2.67 bits per heavy atom. The van der Waals surface area contributed by atoms with Gasteiger partial charge in [0.2, 0.25) is 0 Å². The summed E-state index contributed by atoms with van der Waals surface area (Å²) in [5.41, 5.74) is 5.79. The highest BCUT2D eigenvalue weighted by atomic mass is 15.1. The summed E-state index contributed by atoms with van der Waals surface area (Å²) in [6.45, 7) is 10.0. The fourth-order valence-electron chi connectivity index (χ4n) is 2.20. The van der Waals surface area contributed by atoms with Gasteiger partial charge in [-0.15, -0.1) is 0 Å². The zero-order chi connectivity index (χ0) is 13.2. The molecule has 0 aliphatic carbocycles. The van der Waals surface area contributed by atoms with E-state index in [2.05, 4.69) is 29.1 Å². The molecule has 0 bridgehead atoms. The van der Waals surface area contributed by atoms with Crippen molar-refractivity contribution in [2.45, 2.75) is 46.0 Å². The SMILES string of the molecule is CC(C)CCNC(N)=NCCCCN1CCCC1. The summed E-state index contributed by atoms with van der Waals surface area (Å²) in [7, 11) is 0. The lowest BCUT2D eigenvalue weighted by atomic mass is 10.1. The van der Waals surface area contributed by atoms with E-state index in [0.717, 1.165) is 25.9 Å². The second-order valence-corrected chi connectivity index (χ2v) is 5.63. The van der Waals surface area contributed by atoms with Crippen molar-refractivity contribution < 1.29 is 0 Å². The minimum Gasteiger partial charge on any atom is -0.370 e. The van der Waals surface area contributed by atoms with Crippen molar-refractivity contribution in [1.29, 1.82) is 0 Å². The van der Waals surface area contributed by atoms with Crippen molar-refractivity contribution in [2.75, 3.05) is 32.7 Å². The van der Waals surface area contributed by atoms with E-state index in [1.807, 2.05) is 0 Å². The van der Waals surface area contributed by atoms with Crippen LogP contribution < -0.4 is 11.1 Å². The Hall–Kier alpha value is -0.770. The van der Waals surface area contributed by atoms with Gasteiger partial charge in [0.1, 0.15) is 0 Å². The molecule has 1 aliphatic rings. The first-order valence-corrected chi connectivity index (χ1v) is 7.44. The molecule has 0 amide bonds. The summed E-state index contributed by atoms with van der Waals surface area (Å²) >= 11 is 0. The lowest BCUT2D eigenvalue weighted by Gasteiger charge is -2.13. The van der Waals surface area contributed by atoms with Gasteiger partial charge in [0.25, 0.3) is 0 Å². The topological polar surface area (TPSA) is 53.6 Å². The minimum absolute atomic E-state index is 0.608. The molecule has 0 atom stereocenters. The number of hydrogen-bond acceptors (Lipinski definition) is 2. The van der Waals surface area contributed by atoms with Gasteiger partial charge in [0.05, 0.1) is 0 Å². The van der Waals surface area contributed by atoms with Crippen molar-refractivity contribution in [1.82, 2.24) is 10.2 Å². The number of nitrogens with two attached hydrogens (primary N) is 1. The highest BCUT2D eigenvalue weighted by molar-refractivity contribution is 5.77. The van der Waals surface area contributed by atoms with E-state index in [1.165, 1.54) is 38.9 Å². The van der Waals surface area contributed by atoms with Gasteiger partial charge in [-0.05, 0) is 57.7 Å². The fraction of sp³-hybridized carbons (Fsp3) is 0.929. The average Bonchev–Trinajstić information content (AvgIpc) is 2.81. The summed E-state index contributed by atoms with van der Waals surface area (Å²) in [6, 6.07) is 0. The van der Waals surface area contributed by atoms with Gasteiger partial charge in [-0.1, -0.05) is 13.8 Å². The molecule has 0 aromatic rings. The van der Waals surface area contributed by atoms with Crippen molar-refractivity contribution in [3.05, 3.63) is 0 Å². The van der Waals surface area contributed by atoms with Crippen LogP contribution in [-0.2, 0) is 0 Å². The number of hydrogen-bond donors (Lipinski definition) is 2. The molecule has 18 heavy (non-hydrogen) atoms. The third-order valence-corrected chi connectivity index (χ3v) is 3.39. The standard InChI is InChI=1S/C14H30N4/c1-13(2)7-9-17-14(15)16-8-3-4-10-18-11-5-6-12-18/h13H,3-12H2,1-2H3,(H3,15,16,17). The summed E-state index contributed by atoms with van der Waals surface area (Å²) in [4.78, 5) is 6.90. The quantitative estimate of drug-likeness (QED) is 0.395. The molecule has 1 heterocycles. The highest BCUT2D eigenvalue weighted by Crippen LogP contribution is 2.08. The Kier molecular flexibility index (Phi) is 7.81. The number of likely N-dealkylation sites (tertiary alicyclic amines) is 1. The van der Waals surface area contributed by atoms with Crippen LogP contribution in [0.5, 0.6) is 0 Å². The van der Waals surface area contributed by atoms with E-state index < -0.39 is 0 Å². The fourth-order valence-corrected chi connectivity index (χ4v) is 2.20. The van der Waals surface area contributed by atoms with Crippen LogP contribution >= 0.6 is 0 Å². The Morgan fingerprint density at radius 2 is 2.00 bits per heavy atom. The number of unbranched alkanes of at least 4 members (excludes halogenated alkanes) is 1. The molecule has 106 valence electrons. The van der Waals surface area contributed by atoms with E-state index in [1.54, 1.807) is 0 Å². The average molecular weight is 254 g/mol. The molecule has 0 saturated carbocycles. The second kappa shape index (κ2) is 9.20. The Labute approximate surface area is 112 Å². The molecule has 1 aliphatic heterocycles. The normalized spacial score (nSPS) is 17.6. The maximum Gasteiger partial charge on any atom is 0.188 e. The Balaban J connectivity index is 1.94. The van der Waals surface area contributed by atoms with Gasteiger partial charge in [0.15, 0.2) is 5.96 Å². The molecule has 3 N–H and O–H groups in total. The summed E-state index contributed by atoms with van der Waals surface area (Å²) in [5.74, 6) is 1.32. The molecule has 4 nitrogen and oxygen atoms in total. The van der Waals surface area contributed by atoms with Crippen LogP contribution in [-0.4, -0.2) is 43.6 Å². The van der Waals surface area contributed by atoms with Gasteiger partial charge >= 0.3 is 0 Å². The molecule has 0 spiro atoms. The molecule has 1 rings (SSSR count). The first kappa shape index (κ1) is 15.3. The first-order chi connectivity index (χ1) is 8.68. The van der Waals surface area contributed by atoms with Crippen LogP contribution in [0.1, 0.15) is 46.0 Å². The second-order valence-electron chi connectivity index (χ2n) is 5.63. The van der Waals surface area contributed by atoms with E-state index in [4.69, 9.17) is 5.73 Å². The predicted octanol–water partition coefficient (Wildman–Crippen LogP) is 1.81. The molecule has 1 saturated heterocycles. The van der Waals surface area contributed by atoms with Crippen molar-refractivity contribution >= 4 is 5.96 Å². The van der Waals surface area contributed by atoms with E-state index in [9.17, 15) is 0 Å². The van der Waals surface area contributed by atoms with Crippen molar-refractivity contribution in [2.24, 2.45) is 16.6 Å². The molecule has 1 fully saturated rings. The molecule has 0 unspecified atom stereocenters. The van der Waals surface area contributed by atoms with Gasteiger partial charge < -0.3 is 16.0 Å². The predicted molar refractivity (Wildman–Crippen MR) is 78.9 cm³/mol. The number of guanidine groups is 1. The van der Waals surface area contributed by atoms with Crippen LogP contribution in [0.15, 0.2) is 4.99 Å². The van der Waals surface area contributed by atoms with Gasteiger partial charge in [-0.3, -0.25) is 4.99 Å². The largest absolute Gasteiger partial charge is 0.370 e. The molecule has 4 heteroatoms. The van der Waals surface area contributed by atoms with E-state index >= 15 is 0 Å². The molecule has 0 aromatic heterocycles. The number of nitrogens with one attached hydrogen (secondary N) is 1. The molecular weight excluding hydrogens is 224 g/mol. The number of rotatable bonds is 8. The van der Waals surface area contributed by atoms with Crippen molar-refractivity contribution in [3.63, 3.8) is 0 Å². The monoisotopic (exact) mass is 254 g/mol. The zero-order valence-electron chi connectivity index (χ0n) is 12.1. The molecular formula is C14H30N4. The summed E-state index contributed by atoms with van der Waals surface area (Å²) in [6.07, 6.45) is 6.28. The van der Waals surface area contributed by atoms with Crippen LogP contribution in [0.3, 0.4) is 0 Å². The summed E-state index contributed by atoms with van der Waals surface area (Å²) < 4.78 is 0. The Bertz CT molecular complexity index is 232. The lowest BCUT2D eigenvalue weighted by Crippen LogP contribution is -2.33. The zero-order valence-corrected chi connectivity index (χ0v) is 12.1. The van der Waals surface area contributed by atoms with Crippen LogP contribution in [0.25, 0.3) is 0 Å². The third-order valence-electron chi connectivity index (χ3n) is 3.39. The number of nitrogens with zero attached hydrogens (tertiary/aromatic N) is 2. The number of aliphatic imine (C=N–C) groups is 1. The summed E-state index contributed by atoms with van der Waals surface area (Å²) in [5, 5.41) is 3.16. The van der Waals surface area contributed by atoms with Crippen LogP contribution in [0.4, 0.5) is 0 Å². The maximum absolute atomic E-state index is 5.79. The molecule has 0 radical (unpaired) electrons. The van der Waals surface area contributed by atoms with Crippen LogP contribution in [0.2, 0.25) is 0 Å². The first-order valence-electron chi connectivity index (χ1n) is 7.44. The van der Waals surface area contributed by atoms with Gasteiger partial charge in [0, 0.05) is 13.1 Å². The Morgan fingerprint density at radius 1 is 1.28 bits per heavy atom. The van der Waals surface area contributed by atoms with E-state index in [-0.39, 0.29) is 0 Å². The van der Waals surface area contributed by atoms with Crippen molar-refractivity contribution in [3.8, 4) is 0 Å². The third kappa shape index (κ3) is 7.54. The maximum atomic E-state index is 5.79. The lowest BCUT2D eigenvalue weighted by molar-refractivity contribution is 0.331.